The number of pyridine rings is 1. The van der Waals surface area contributed by atoms with E-state index in [0.29, 0.717) is 11.5 Å². The van der Waals surface area contributed by atoms with Crippen molar-refractivity contribution in [1.29, 1.82) is 0 Å². The molecule has 0 aliphatic carbocycles. The summed E-state index contributed by atoms with van der Waals surface area (Å²) in [4.78, 5) is 15.0. The normalized spacial score (nSPS) is 10.2. The van der Waals surface area contributed by atoms with Crippen LogP contribution < -0.4 is 9.47 Å². The van der Waals surface area contributed by atoms with Gasteiger partial charge in [0.25, 0.3) is 0 Å². The molecule has 110 valence electrons. The van der Waals surface area contributed by atoms with Gasteiger partial charge in [0.1, 0.15) is 5.02 Å². The first kappa shape index (κ1) is 15.1. The molecule has 0 saturated heterocycles. The lowest BCUT2D eigenvalue weighted by atomic mass is 10.1. The molecule has 5 nitrogen and oxygen atoms in total. The van der Waals surface area contributed by atoms with Crippen LogP contribution in [0, 0.1) is 0 Å². The number of hydrogen-bond acceptors (Lipinski definition) is 4. The lowest BCUT2D eigenvalue weighted by Crippen LogP contribution is -2.00. The van der Waals surface area contributed by atoms with Gasteiger partial charge in [-0.15, -0.1) is 0 Å². The van der Waals surface area contributed by atoms with E-state index in [1.165, 1.54) is 19.4 Å². The topological polar surface area (TPSA) is 68.7 Å². The van der Waals surface area contributed by atoms with Crippen molar-refractivity contribution in [3.8, 4) is 17.4 Å². The molecule has 1 aromatic carbocycles. The van der Waals surface area contributed by atoms with E-state index in [1.807, 2.05) is 19.1 Å². The molecule has 2 aromatic rings. The standard InChI is InChI=1S/C15H14ClNO4/c1-3-9-4-5-11(12(8-9)20-2)21-14-13(16)10(15(18)19)6-7-17-14/h4-8H,3H2,1-2H3,(H,18,19). The van der Waals surface area contributed by atoms with E-state index in [-0.39, 0.29) is 16.5 Å². The van der Waals surface area contributed by atoms with Crippen molar-refractivity contribution in [2.75, 3.05) is 7.11 Å². The highest BCUT2D eigenvalue weighted by Gasteiger charge is 2.16. The van der Waals surface area contributed by atoms with Gasteiger partial charge in [-0.1, -0.05) is 24.6 Å². The molecule has 0 atom stereocenters. The number of halogens is 1. The number of hydrogen-bond donors (Lipinski definition) is 1. The summed E-state index contributed by atoms with van der Waals surface area (Å²) in [5.74, 6) is -0.153. The minimum atomic E-state index is -1.14. The van der Waals surface area contributed by atoms with Crippen molar-refractivity contribution in [1.82, 2.24) is 4.98 Å². The fourth-order valence-corrected chi connectivity index (χ4v) is 2.01. The number of carboxylic acid groups (broad SMARTS) is 1. The summed E-state index contributed by atoms with van der Waals surface area (Å²) >= 11 is 6.00. The molecule has 1 aromatic heterocycles. The van der Waals surface area contributed by atoms with E-state index in [0.717, 1.165) is 12.0 Å². The Morgan fingerprint density at radius 1 is 1.33 bits per heavy atom. The Hall–Kier alpha value is -2.27. The maximum absolute atomic E-state index is 11.0. The first-order valence-electron chi connectivity index (χ1n) is 6.29. The van der Waals surface area contributed by atoms with Gasteiger partial charge < -0.3 is 14.6 Å². The maximum Gasteiger partial charge on any atom is 0.337 e. The van der Waals surface area contributed by atoms with Crippen molar-refractivity contribution in [3.63, 3.8) is 0 Å². The summed E-state index contributed by atoms with van der Waals surface area (Å²) in [7, 11) is 1.53. The largest absolute Gasteiger partial charge is 0.493 e. The molecule has 2 rings (SSSR count). The number of rotatable bonds is 5. The van der Waals surface area contributed by atoms with Crippen molar-refractivity contribution in [2.45, 2.75) is 13.3 Å². The monoisotopic (exact) mass is 307 g/mol. The minimum absolute atomic E-state index is 0.0270. The molecule has 0 radical (unpaired) electrons. The van der Waals surface area contributed by atoms with Gasteiger partial charge in [-0.3, -0.25) is 0 Å². The number of benzene rings is 1. The molecule has 6 heteroatoms. The molecule has 21 heavy (non-hydrogen) atoms. The number of carbonyl (C=O) groups is 1. The number of methoxy groups -OCH3 is 1. The van der Waals surface area contributed by atoms with Crippen LogP contribution in [-0.4, -0.2) is 23.2 Å². The van der Waals surface area contributed by atoms with Crippen LogP contribution in [0.1, 0.15) is 22.8 Å². The first-order chi connectivity index (χ1) is 10.1. The summed E-state index contributed by atoms with van der Waals surface area (Å²) in [6.45, 7) is 2.03. The molecule has 0 fully saturated rings. The molecule has 0 unspecified atom stereocenters. The highest BCUT2D eigenvalue weighted by atomic mass is 35.5. The van der Waals surface area contributed by atoms with Crippen LogP contribution in [0.2, 0.25) is 5.02 Å². The third-order valence-electron chi connectivity index (χ3n) is 2.93. The van der Waals surface area contributed by atoms with Crippen LogP contribution in [0.3, 0.4) is 0 Å². The first-order valence-corrected chi connectivity index (χ1v) is 6.67. The summed E-state index contributed by atoms with van der Waals surface area (Å²) in [6, 6.07) is 6.80. The molecular formula is C15H14ClNO4. The van der Waals surface area contributed by atoms with E-state index in [4.69, 9.17) is 26.2 Å². The van der Waals surface area contributed by atoms with Gasteiger partial charge in [0.05, 0.1) is 12.7 Å². The van der Waals surface area contributed by atoms with Gasteiger partial charge in [0.2, 0.25) is 5.88 Å². The van der Waals surface area contributed by atoms with Crippen molar-refractivity contribution >= 4 is 17.6 Å². The Bertz CT molecular complexity index is 673. The Kier molecular flexibility index (Phi) is 4.65. The van der Waals surface area contributed by atoms with Gasteiger partial charge in [0.15, 0.2) is 11.5 Å². The summed E-state index contributed by atoms with van der Waals surface area (Å²) < 4.78 is 10.9. The number of aryl methyl sites for hydroxylation is 1. The molecule has 1 heterocycles. The predicted octanol–water partition coefficient (Wildman–Crippen LogP) is 3.80. The van der Waals surface area contributed by atoms with Crippen LogP contribution in [0.5, 0.6) is 17.4 Å². The fourth-order valence-electron chi connectivity index (χ4n) is 1.78. The minimum Gasteiger partial charge on any atom is -0.493 e. The molecule has 0 amide bonds. The number of aromatic carboxylic acids is 1. The molecule has 0 saturated carbocycles. The second kappa shape index (κ2) is 6.45. The third kappa shape index (κ3) is 3.25. The van der Waals surface area contributed by atoms with Gasteiger partial charge in [0, 0.05) is 6.20 Å². The Balaban J connectivity index is 2.38. The lowest BCUT2D eigenvalue weighted by Gasteiger charge is -2.12. The summed E-state index contributed by atoms with van der Waals surface area (Å²) in [5.41, 5.74) is 1.03. The molecule has 1 N–H and O–H groups in total. The van der Waals surface area contributed by atoms with E-state index >= 15 is 0 Å². The Labute approximate surface area is 127 Å². The van der Waals surface area contributed by atoms with Crippen LogP contribution in [-0.2, 0) is 6.42 Å². The predicted molar refractivity (Wildman–Crippen MR) is 78.7 cm³/mol. The summed E-state index contributed by atoms with van der Waals surface area (Å²) in [5, 5.41) is 8.98. The highest BCUT2D eigenvalue weighted by Crippen LogP contribution is 2.35. The second-order valence-electron chi connectivity index (χ2n) is 4.22. The summed E-state index contributed by atoms with van der Waals surface area (Å²) in [6.07, 6.45) is 2.20. The van der Waals surface area contributed by atoms with Crippen LogP contribution in [0.25, 0.3) is 0 Å². The number of ether oxygens (including phenoxy) is 2. The maximum atomic E-state index is 11.0. The van der Waals surface area contributed by atoms with Gasteiger partial charge in [-0.25, -0.2) is 9.78 Å². The third-order valence-corrected chi connectivity index (χ3v) is 3.30. The Morgan fingerprint density at radius 2 is 2.10 bits per heavy atom. The SMILES string of the molecule is CCc1ccc(Oc2nccc(C(=O)O)c2Cl)c(OC)c1. The van der Waals surface area contributed by atoms with Crippen molar-refractivity contribution in [2.24, 2.45) is 0 Å². The zero-order valence-corrected chi connectivity index (χ0v) is 12.3. The average Bonchev–Trinajstić information content (AvgIpc) is 2.49. The number of nitrogens with zero attached hydrogens (tertiary/aromatic N) is 1. The van der Waals surface area contributed by atoms with E-state index in [1.54, 1.807) is 6.07 Å². The van der Waals surface area contributed by atoms with Crippen molar-refractivity contribution < 1.29 is 19.4 Å². The van der Waals surface area contributed by atoms with E-state index in [9.17, 15) is 4.79 Å². The zero-order valence-electron chi connectivity index (χ0n) is 11.6. The smallest absolute Gasteiger partial charge is 0.337 e. The van der Waals surface area contributed by atoms with Gasteiger partial charge >= 0.3 is 5.97 Å². The number of aromatic nitrogens is 1. The average molecular weight is 308 g/mol. The molecule has 0 aliphatic rings. The lowest BCUT2D eigenvalue weighted by molar-refractivity contribution is 0.0696. The van der Waals surface area contributed by atoms with Gasteiger partial charge in [-0.2, -0.15) is 0 Å². The highest BCUT2D eigenvalue weighted by molar-refractivity contribution is 6.34. The van der Waals surface area contributed by atoms with Crippen molar-refractivity contribution in [3.05, 3.63) is 46.6 Å². The zero-order chi connectivity index (χ0) is 15.4. The van der Waals surface area contributed by atoms with E-state index in [2.05, 4.69) is 4.98 Å². The molecule has 0 aliphatic heterocycles. The van der Waals surface area contributed by atoms with Crippen LogP contribution >= 0.6 is 11.6 Å². The quantitative estimate of drug-likeness (QED) is 0.910. The fraction of sp³-hybridized carbons (Fsp3) is 0.200. The van der Waals surface area contributed by atoms with Crippen LogP contribution in [0.15, 0.2) is 30.5 Å². The van der Waals surface area contributed by atoms with E-state index < -0.39 is 5.97 Å². The Morgan fingerprint density at radius 3 is 2.71 bits per heavy atom. The molecular weight excluding hydrogens is 294 g/mol. The second-order valence-corrected chi connectivity index (χ2v) is 4.60. The van der Waals surface area contributed by atoms with Gasteiger partial charge in [-0.05, 0) is 30.2 Å². The molecule has 0 bridgehead atoms. The molecule has 0 spiro atoms. The number of carboxylic acids is 1. The van der Waals surface area contributed by atoms with Crippen LogP contribution in [0.4, 0.5) is 0 Å².